The fourth-order valence-electron chi connectivity index (χ4n) is 3.05. The number of aromatic nitrogens is 1. The van der Waals surface area contributed by atoms with Crippen LogP contribution in [0.25, 0.3) is 0 Å². The van der Waals surface area contributed by atoms with Gasteiger partial charge in [0, 0.05) is 24.8 Å². The Hall–Kier alpha value is -2.69. The Labute approximate surface area is 141 Å². The van der Waals surface area contributed by atoms with Crippen LogP contribution in [0, 0.1) is 0 Å². The Balaban J connectivity index is 1.83. The highest BCUT2D eigenvalue weighted by atomic mass is 16.2. The van der Waals surface area contributed by atoms with Crippen molar-refractivity contribution >= 4 is 17.5 Å². The summed E-state index contributed by atoms with van der Waals surface area (Å²) in [7, 11) is 0. The van der Waals surface area contributed by atoms with Gasteiger partial charge in [0.2, 0.25) is 5.91 Å². The molecule has 3 rings (SSSR count). The quantitative estimate of drug-likeness (QED) is 0.850. The third-order valence-corrected chi connectivity index (χ3v) is 4.35. The number of hydrogen-bond donors (Lipinski definition) is 0. The first-order valence-electron chi connectivity index (χ1n) is 8.23. The van der Waals surface area contributed by atoms with E-state index in [1.807, 2.05) is 43.3 Å². The van der Waals surface area contributed by atoms with Crippen molar-refractivity contribution in [3.05, 3.63) is 59.9 Å². The maximum absolute atomic E-state index is 13.0. The normalized spacial score (nSPS) is 14.4. The first-order valence-corrected chi connectivity index (χ1v) is 8.23. The Morgan fingerprint density at radius 3 is 2.75 bits per heavy atom. The first-order chi connectivity index (χ1) is 11.6. The van der Waals surface area contributed by atoms with Gasteiger partial charge in [0.15, 0.2) is 0 Å². The number of fused-ring (bicyclic) bond motifs is 1. The van der Waals surface area contributed by atoms with Crippen LogP contribution in [0.3, 0.4) is 0 Å². The largest absolute Gasteiger partial charge is 0.323 e. The molecule has 1 aromatic carbocycles. The average Bonchev–Trinajstić information content (AvgIpc) is 2.96. The zero-order valence-corrected chi connectivity index (χ0v) is 14.0. The number of carbonyl (C=O) groups excluding carboxylic acids is 2. The van der Waals surface area contributed by atoms with Gasteiger partial charge >= 0.3 is 0 Å². The highest BCUT2D eigenvalue weighted by Gasteiger charge is 2.35. The molecule has 2 amide bonds. The maximum atomic E-state index is 13.0. The van der Waals surface area contributed by atoms with Crippen LogP contribution < -0.4 is 4.90 Å². The van der Waals surface area contributed by atoms with Gasteiger partial charge in [-0.25, -0.2) is 0 Å². The van der Waals surface area contributed by atoms with Crippen LogP contribution in [0.1, 0.15) is 36.2 Å². The van der Waals surface area contributed by atoms with E-state index >= 15 is 0 Å². The smallest absolute Gasteiger partial charge is 0.255 e. The molecule has 0 bridgehead atoms. The summed E-state index contributed by atoms with van der Waals surface area (Å²) in [6.07, 6.45) is 4.20. The van der Waals surface area contributed by atoms with E-state index in [1.54, 1.807) is 29.1 Å². The minimum absolute atomic E-state index is 0.0749. The lowest BCUT2D eigenvalue weighted by molar-refractivity contribution is -0.122. The molecule has 0 fully saturated rings. The van der Waals surface area contributed by atoms with Crippen molar-refractivity contribution in [1.82, 2.24) is 9.88 Å². The van der Waals surface area contributed by atoms with E-state index in [9.17, 15) is 9.59 Å². The minimum atomic E-state index is -0.517. The number of nitrogens with zero attached hydrogens (tertiary/aromatic N) is 3. The number of benzene rings is 1. The van der Waals surface area contributed by atoms with Crippen molar-refractivity contribution < 1.29 is 9.59 Å². The zero-order chi connectivity index (χ0) is 17.1. The first kappa shape index (κ1) is 16.2. The summed E-state index contributed by atoms with van der Waals surface area (Å²) in [4.78, 5) is 33.1. The van der Waals surface area contributed by atoms with Crippen molar-refractivity contribution in [3.8, 4) is 0 Å². The van der Waals surface area contributed by atoms with E-state index in [1.165, 1.54) is 0 Å². The molecule has 2 heterocycles. The third-order valence-electron chi connectivity index (χ3n) is 4.35. The topological polar surface area (TPSA) is 53.5 Å². The third kappa shape index (κ3) is 2.89. The van der Waals surface area contributed by atoms with Crippen LogP contribution in [0.5, 0.6) is 0 Å². The van der Waals surface area contributed by atoms with E-state index in [0.29, 0.717) is 18.7 Å². The minimum Gasteiger partial charge on any atom is -0.323 e. The van der Waals surface area contributed by atoms with Crippen LogP contribution >= 0.6 is 0 Å². The summed E-state index contributed by atoms with van der Waals surface area (Å²) in [5.74, 6) is -0.153. The second-order valence-corrected chi connectivity index (χ2v) is 5.97. The number of carbonyl (C=O) groups is 2. The molecular formula is C19H21N3O2. The second kappa shape index (κ2) is 6.83. The molecule has 0 saturated heterocycles. The molecule has 2 aromatic rings. The Morgan fingerprint density at radius 1 is 1.29 bits per heavy atom. The van der Waals surface area contributed by atoms with Gasteiger partial charge in [-0.1, -0.05) is 25.1 Å². The number of pyridine rings is 1. The summed E-state index contributed by atoms with van der Waals surface area (Å²) in [6.45, 7) is 4.90. The molecule has 0 spiro atoms. The molecule has 1 aliphatic heterocycles. The molecule has 1 atom stereocenters. The molecule has 5 nitrogen and oxygen atoms in total. The van der Waals surface area contributed by atoms with E-state index in [2.05, 4.69) is 4.98 Å². The monoisotopic (exact) mass is 323 g/mol. The number of hydrogen-bond acceptors (Lipinski definition) is 3. The van der Waals surface area contributed by atoms with Crippen LogP contribution in [0.4, 0.5) is 5.69 Å². The molecule has 24 heavy (non-hydrogen) atoms. The highest BCUT2D eigenvalue weighted by Crippen LogP contribution is 2.26. The molecule has 0 saturated carbocycles. The predicted octanol–water partition coefficient (Wildman–Crippen LogP) is 2.87. The van der Waals surface area contributed by atoms with Gasteiger partial charge < -0.3 is 9.80 Å². The van der Waals surface area contributed by atoms with E-state index in [4.69, 9.17) is 0 Å². The number of amides is 2. The second-order valence-electron chi connectivity index (χ2n) is 5.97. The van der Waals surface area contributed by atoms with Crippen LogP contribution in [0.2, 0.25) is 0 Å². The highest BCUT2D eigenvalue weighted by molar-refractivity contribution is 6.04. The summed E-state index contributed by atoms with van der Waals surface area (Å²) in [5.41, 5.74) is 2.44. The summed E-state index contributed by atoms with van der Waals surface area (Å²) in [6, 6.07) is 10.7. The molecule has 5 heteroatoms. The molecule has 0 N–H and O–H groups in total. The van der Waals surface area contributed by atoms with E-state index < -0.39 is 6.04 Å². The molecular weight excluding hydrogens is 302 g/mol. The SMILES string of the molecule is CCCN(C(=O)[C@@H](C)N1Cc2ccccc2C1=O)c1cccnc1. The van der Waals surface area contributed by atoms with Crippen LogP contribution in [-0.4, -0.2) is 34.3 Å². The summed E-state index contributed by atoms with van der Waals surface area (Å²) >= 11 is 0. The Kier molecular flexibility index (Phi) is 4.60. The molecule has 0 aliphatic carbocycles. The number of rotatable bonds is 5. The lowest BCUT2D eigenvalue weighted by Crippen LogP contribution is -2.47. The Bertz CT molecular complexity index is 745. The fraction of sp³-hybridized carbons (Fsp3) is 0.316. The van der Waals surface area contributed by atoms with Crippen molar-refractivity contribution in [1.29, 1.82) is 0 Å². The van der Waals surface area contributed by atoms with Gasteiger partial charge in [-0.15, -0.1) is 0 Å². The molecule has 0 radical (unpaired) electrons. The van der Waals surface area contributed by atoms with Crippen molar-refractivity contribution in [2.45, 2.75) is 32.9 Å². The number of anilines is 1. The fourth-order valence-corrected chi connectivity index (χ4v) is 3.05. The predicted molar refractivity (Wildman–Crippen MR) is 92.7 cm³/mol. The van der Waals surface area contributed by atoms with Crippen molar-refractivity contribution in [2.24, 2.45) is 0 Å². The molecule has 124 valence electrons. The summed E-state index contributed by atoms with van der Waals surface area (Å²) in [5, 5.41) is 0. The zero-order valence-electron chi connectivity index (χ0n) is 14.0. The molecule has 0 unspecified atom stereocenters. The lowest BCUT2D eigenvalue weighted by atomic mass is 10.1. The van der Waals surface area contributed by atoms with Gasteiger partial charge in [-0.2, -0.15) is 0 Å². The van der Waals surface area contributed by atoms with E-state index in [-0.39, 0.29) is 11.8 Å². The van der Waals surface area contributed by atoms with Gasteiger partial charge in [-0.05, 0) is 37.1 Å². The molecule has 1 aromatic heterocycles. The van der Waals surface area contributed by atoms with Gasteiger partial charge in [-0.3, -0.25) is 14.6 Å². The summed E-state index contributed by atoms with van der Waals surface area (Å²) < 4.78 is 0. The van der Waals surface area contributed by atoms with Gasteiger partial charge in [0.05, 0.1) is 11.9 Å². The van der Waals surface area contributed by atoms with Gasteiger partial charge in [0.25, 0.3) is 5.91 Å². The van der Waals surface area contributed by atoms with Crippen molar-refractivity contribution in [2.75, 3.05) is 11.4 Å². The lowest BCUT2D eigenvalue weighted by Gasteiger charge is -2.30. The van der Waals surface area contributed by atoms with Crippen molar-refractivity contribution in [3.63, 3.8) is 0 Å². The molecule has 1 aliphatic rings. The maximum Gasteiger partial charge on any atom is 0.255 e. The van der Waals surface area contributed by atoms with Gasteiger partial charge in [0.1, 0.15) is 6.04 Å². The van der Waals surface area contributed by atoms with E-state index in [0.717, 1.165) is 17.7 Å². The van der Waals surface area contributed by atoms with Crippen LogP contribution in [-0.2, 0) is 11.3 Å². The average molecular weight is 323 g/mol. The Morgan fingerprint density at radius 2 is 2.08 bits per heavy atom. The van der Waals surface area contributed by atoms with Crippen LogP contribution in [0.15, 0.2) is 48.8 Å². The standard InChI is InChI=1S/C19H21N3O2/c1-3-11-21(16-8-6-10-20-12-16)18(23)14(2)22-13-15-7-4-5-9-17(15)19(22)24/h4-10,12,14H,3,11,13H2,1-2H3/t14-/m1/s1.